The van der Waals surface area contributed by atoms with Crippen LogP contribution < -0.4 is 0 Å². The zero-order valence-electron chi connectivity index (χ0n) is 9.67. The Balaban J connectivity index is 0.000000280. The minimum Gasteiger partial charge on any atom is -0.468 e. The lowest BCUT2D eigenvalue weighted by Gasteiger charge is -2.14. The molecule has 18 heavy (non-hydrogen) atoms. The van der Waals surface area contributed by atoms with Crippen LogP contribution in [-0.2, 0) is 14.3 Å². The number of nitrogens with zero attached hydrogens (tertiary/aromatic N) is 1. The molecule has 0 aliphatic carbocycles. The minimum absolute atomic E-state index is 0.352. The van der Waals surface area contributed by atoms with Crippen molar-refractivity contribution >= 4 is 46.7 Å². The topological polar surface area (TPSA) is 76.0 Å². The highest BCUT2D eigenvalue weighted by molar-refractivity contribution is 14.1. The summed E-state index contributed by atoms with van der Waals surface area (Å²) in [6.07, 6.45) is 0.127. The normalized spacial score (nSPS) is 16.4. The molecule has 96 valence electrons. The van der Waals surface area contributed by atoms with Crippen LogP contribution in [0.2, 0.25) is 0 Å². The molecule has 6 heteroatoms. The Bertz CT molecular complexity index is 473. The molecule has 1 N–H and O–H groups in total. The van der Waals surface area contributed by atoms with Crippen LogP contribution in [0, 0.1) is 3.57 Å². The lowest BCUT2D eigenvalue weighted by molar-refractivity contribution is -0.128. The first-order valence-corrected chi connectivity index (χ1v) is 6.28. The summed E-state index contributed by atoms with van der Waals surface area (Å²) in [4.78, 5) is 24.2. The second-order valence-electron chi connectivity index (χ2n) is 3.32. The van der Waals surface area contributed by atoms with Crippen molar-refractivity contribution in [2.24, 2.45) is 4.99 Å². The molecule has 1 aromatic rings. The van der Waals surface area contributed by atoms with E-state index in [1.165, 1.54) is 6.21 Å². The summed E-state index contributed by atoms with van der Waals surface area (Å²) in [5.74, 6) is -0.352. The monoisotopic (exact) mass is 361 g/mol. The number of ketones is 1. The molecule has 0 saturated heterocycles. The number of hydrogen-bond donors (Lipinski definition) is 1. The maximum atomic E-state index is 11.1. The molecule has 2 rings (SSSR count). The Morgan fingerprint density at radius 2 is 2.28 bits per heavy atom. The SMILES string of the molecule is CCOC=O.O=C1C=Nc2ccc(I)cc2C1O. The van der Waals surface area contributed by atoms with Gasteiger partial charge in [0.05, 0.1) is 18.5 Å². The smallest absolute Gasteiger partial charge is 0.293 e. The molecule has 0 radical (unpaired) electrons. The molecule has 1 aliphatic rings. The van der Waals surface area contributed by atoms with E-state index in [0.717, 1.165) is 3.57 Å². The zero-order chi connectivity index (χ0) is 13.5. The van der Waals surface area contributed by atoms with Crippen LogP contribution in [0.25, 0.3) is 0 Å². The molecular formula is C12H12INO4. The Morgan fingerprint density at radius 1 is 1.56 bits per heavy atom. The number of carbonyl (C=O) groups excluding carboxylic acids is 2. The van der Waals surface area contributed by atoms with E-state index in [1.807, 2.05) is 6.07 Å². The Hall–Kier alpha value is -1.28. The van der Waals surface area contributed by atoms with Crippen molar-refractivity contribution in [1.82, 2.24) is 0 Å². The summed E-state index contributed by atoms with van der Waals surface area (Å²) in [6.45, 7) is 2.66. The van der Waals surface area contributed by atoms with Crippen LogP contribution in [0.5, 0.6) is 0 Å². The lowest BCUT2D eigenvalue weighted by Crippen LogP contribution is -2.16. The fraction of sp³-hybridized carbons (Fsp3) is 0.250. The number of ether oxygens (including phenoxy) is 1. The fourth-order valence-electron chi connectivity index (χ4n) is 1.29. The van der Waals surface area contributed by atoms with Gasteiger partial charge in [-0.25, -0.2) is 0 Å². The number of carbonyl (C=O) groups is 2. The summed E-state index contributed by atoms with van der Waals surface area (Å²) >= 11 is 2.13. The number of Topliss-reactive ketones (excluding diaryl/α,β-unsaturated/α-hetero) is 1. The molecule has 0 bridgehead atoms. The summed E-state index contributed by atoms with van der Waals surface area (Å²) in [5.41, 5.74) is 1.27. The fourth-order valence-corrected chi connectivity index (χ4v) is 1.80. The molecule has 1 aliphatic heterocycles. The van der Waals surface area contributed by atoms with Crippen LogP contribution in [-0.4, -0.2) is 30.2 Å². The first-order valence-electron chi connectivity index (χ1n) is 5.20. The third kappa shape index (κ3) is 3.88. The molecule has 1 unspecified atom stereocenters. The van der Waals surface area contributed by atoms with Crippen LogP contribution in [0.1, 0.15) is 18.6 Å². The van der Waals surface area contributed by atoms with E-state index in [1.54, 1.807) is 19.1 Å². The number of aliphatic hydroxyl groups excluding tert-OH is 1. The highest BCUT2D eigenvalue weighted by Crippen LogP contribution is 2.30. The number of aliphatic hydroxyl groups is 1. The van der Waals surface area contributed by atoms with Crippen molar-refractivity contribution in [2.75, 3.05) is 6.61 Å². The van der Waals surface area contributed by atoms with Crippen LogP contribution in [0.3, 0.4) is 0 Å². The maximum Gasteiger partial charge on any atom is 0.293 e. The average Bonchev–Trinajstić information content (AvgIpc) is 2.36. The van der Waals surface area contributed by atoms with Crippen molar-refractivity contribution in [2.45, 2.75) is 13.0 Å². The Kier molecular flexibility index (Phi) is 5.93. The van der Waals surface area contributed by atoms with Gasteiger partial charge in [0.2, 0.25) is 5.78 Å². The van der Waals surface area contributed by atoms with Gasteiger partial charge in [-0.1, -0.05) is 0 Å². The standard InChI is InChI=1S/C9H6INO2.C3H6O2/c10-5-1-2-7-6(3-5)9(13)8(12)4-11-7;1-2-5-3-4/h1-4,9,13H;3H,2H2,1H3. The van der Waals surface area contributed by atoms with Crippen molar-refractivity contribution in [3.05, 3.63) is 27.3 Å². The van der Waals surface area contributed by atoms with Crippen LogP contribution in [0.15, 0.2) is 23.2 Å². The molecule has 0 spiro atoms. The molecule has 0 amide bonds. The molecule has 1 aromatic carbocycles. The molecule has 1 heterocycles. The Morgan fingerprint density at radius 3 is 2.83 bits per heavy atom. The van der Waals surface area contributed by atoms with Gasteiger partial charge in [0.1, 0.15) is 6.10 Å². The van der Waals surface area contributed by atoms with Gasteiger partial charge in [-0.3, -0.25) is 14.6 Å². The number of aliphatic imine (C=N–C) groups is 1. The molecule has 0 fully saturated rings. The van der Waals surface area contributed by atoms with E-state index in [4.69, 9.17) is 0 Å². The quantitative estimate of drug-likeness (QED) is 0.644. The summed E-state index contributed by atoms with van der Waals surface area (Å²) in [5, 5.41) is 9.51. The zero-order valence-corrected chi connectivity index (χ0v) is 11.8. The van der Waals surface area contributed by atoms with Gasteiger partial charge < -0.3 is 9.84 Å². The second-order valence-corrected chi connectivity index (χ2v) is 4.56. The van der Waals surface area contributed by atoms with E-state index < -0.39 is 6.10 Å². The van der Waals surface area contributed by atoms with Gasteiger partial charge in [-0.2, -0.15) is 0 Å². The highest BCUT2D eigenvalue weighted by atomic mass is 127. The number of hydrogen-bond acceptors (Lipinski definition) is 5. The van der Waals surface area contributed by atoms with Gasteiger partial charge >= 0.3 is 0 Å². The van der Waals surface area contributed by atoms with E-state index >= 15 is 0 Å². The van der Waals surface area contributed by atoms with E-state index in [9.17, 15) is 14.7 Å². The van der Waals surface area contributed by atoms with Crippen LogP contribution in [0.4, 0.5) is 5.69 Å². The Labute approximate surface area is 118 Å². The summed E-state index contributed by atoms with van der Waals surface area (Å²) < 4.78 is 5.14. The number of rotatable bonds is 2. The average molecular weight is 361 g/mol. The van der Waals surface area contributed by atoms with Gasteiger partial charge in [0.25, 0.3) is 6.47 Å². The molecule has 1 atom stereocenters. The molecular weight excluding hydrogens is 349 g/mol. The number of halogens is 1. The third-order valence-electron chi connectivity index (χ3n) is 2.12. The van der Waals surface area contributed by atoms with E-state index in [2.05, 4.69) is 32.3 Å². The molecule has 0 aromatic heterocycles. The molecule has 5 nitrogen and oxygen atoms in total. The number of benzene rings is 1. The van der Waals surface area contributed by atoms with Gasteiger partial charge in [0, 0.05) is 9.13 Å². The van der Waals surface area contributed by atoms with Crippen molar-refractivity contribution in [3.63, 3.8) is 0 Å². The van der Waals surface area contributed by atoms with Gasteiger partial charge in [-0.05, 0) is 47.7 Å². The van der Waals surface area contributed by atoms with Crippen LogP contribution >= 0.6 is 22.6 Å². The van der Waals surface area contributed by atoms with Crippen molar-refractivity contribution < 1.29 is 19.4 Å². The largest absolute Gasteiger partial charge is 0.468 e. The first-order chi connectivity index (χ1) is 8.60. The number of fused-ring (bicyclic) bond motifs is 1. The predicted octanol–water partition coefficient (Wildman–Crippen LogP) is 1.79. The van der Waals surface area contributed by atoms with Crippen molar-refractivity contribution in [3.8, 4) is 0 Å². The highest BCUT2D eigenvalue weighted by Gasteiger charge is 2.22. The minimum atomic E-state index is -1.04. The summed E-state index contributed by atoms with van der Waals surface area (Å²) in [6, 6.07) is 5.46. The van der Waals surface area contributed by atoms with E-state index in [0.29, 0.717) is 24.3 Å². The summed E-state index contributed by atoms with van der Waals surface area (Å²) in [7, 11) is 0. The molecule has 0 saturated carbocycles. The second kappa shape index (κ2) is 7.22. The van der Waals surface area contributed by atoms with Gasteiger partial charge in [0.15, 0.2) is 0 Å². The predicted molar refractivity (Wildman–Crippen MR) is 75.0 cm³/mol. The first kappa shape index (κ1) is 14.8. The van der Waals surface area contributed by atoms with E-state index in [-0.39, 0.29) is 5.78 Å². The van der Waals surface area contributed by atoms with Crippen molar-refractivity contribution in [1.29, 1.82) is 0 Å². The maximum absolute atomic E-state index is 11.1. The van der Waals surface area contributed by atoms with Gasteiger partial charge in [-0.15, -0.1) is 0 Å². The third-order valence-corrected chi connectivity index (χ3v) is 2.79. The lowest BCUT2D eigenvalue weighted by atomic mass is 10.0.